The van der Waals surface area contributed by atoms with Gasteiger partial charge in [-0.25, -0.2) is 4.98 Å². The predicted molar refractivity (Wildman–Crippen MR) is 89.4 cm³/mol. The summed E-state index contributed by atoms with van der Waals surface area (Å²) in [5, 5.41) is 0. The Morgan fingerprint density at radius 1 is 1.09 bits per heavy atom. The summed E-state index contributed by atoms with van der Waals surface area (Å²) in [7, 11) is 0. The van der Waals surface area contributed by atoms with Crippen molar-refractivity contribution in [3.63, 3.8) is 0 Å². The number of fused-ring (bicyclic) bond motifs is 1. The molecule has 4 rings (SSSR count). The van der Waals surface area contributed by atoms with Gasteiger partial charge in [0.25, 0.3) is 0 Å². The zero-order valence-electron chi connectivity index (χ0n) is 12.8. The first kappa shape index (κ1) is 14.2. The molecule has 0 aliphatic carbocycles. The molecule has 1 aliphatic heterocycles. The molecule has 0 spiro atoms. The lowest BCUT2D eigenvalue weighted by Crippen LogP contribution is -2.11. The molecule has 1 atom stereocenters. The van der Waals surface area contributed by atoms with E-state index in [0.717, 1.165) is 47.7 Å². The van der Waals surface area contributed by atoms with Gasteiger partial charge < -0.3 is 9.47 Å². The van der Waals surface area contributed by atoms with Gasteiger partial charge in [-0.1, -0.05) is 24.3 Å². The van der Waals surface area contributed by atoms with Gasteiger partial charge in [-0.2, -0.15) is 0 Å². The van der Waals surface area contributed by atoms with Crippen molar-refractivity contribution in [2.24, 2.45) is 5.92 Å². The lowest BCUT2D eigenvalue weighted by atomic mass is 10.1. The van der Waals surface area contributed by atoms with Crippen molar-refractivity contribution < 1.29 is 9.47 Å². The number of hydrogen-bond acceptors (Lipinski definition) is 4. The first-order valence-electron chi connectivity index (χ1n) is 7.91. The van der Waals surface area contributed by atoms with Crippen molar-refractivity contribution in [2.45, 2.75) is 6.42 Å². The second kappa shape index (κ2) is 6.34. The van der Waals surface area contributed by atoms with Crippen molar-refractivity contribution in [1.82, 2.24) is 9.97 Å². The topological polar surface area (TPSA) is 44.2 Å². The minimum absolute atomic E-state index is 0.499. The van der Waals surface area contributed by atoms with Gasteiger partial charge in [0.2, 0.25) is 0 Å². The highest BCUT2D eigenvalue weighted by atomic mass is 16.5. The lowest BCUT2D eigenvalue weighted by Gasteiger charge is -2.11. The van der Waals surface area contributed by atoms with Crippen LogP contribution in [0.3, 0.4) is 0 Å². The molecule has 0 N–H and O–H groups in total. The van der Waals surface area contributed by atoms with Crippen LogP contribution in [0.5, 0.6) is 5.75 Å². The molecule has 2 heterocycles. The normalized spacial score (nSPS) is 17.5. The van der Waals surface area contributed by atoms with Crippen LogP contribution in [0, 0.1) is 5.92 Å². The Hall–Kier alpha value is -2.46. The number of hydrogen-bond donors (Lipinski definition) is 0. The van der Waals surface area contributed by atoms with E-state index in [2.05, 4.69) is 9.97 Å². The van der Waals surface area contributed by atoms with Crippen molar-refractivity contribution in [2.75, 3.05) is 19.8 Å². The van der Waals surface area contributed by atoms with Crippen LogP contribution in [-0.4, -0.2) is 29.8 Å². The predicted octanol–water partition coefficient (Wildman–Crippen LogP) is 3.71. The third kappa shape index (κ3) is 3.17. The molecule has 1 aliphatic rings. The fraction of sp³-hybridized carbons (Fsp3) is 0.263. The molecule has 2 aromatic carbocycles. The van der Waals surface area contributed by atoms with E-state index >= 15 is 0 Å². The Morgan fingerprint density at radius 2 is 2.00 bits per heavy atom. The van der Waals surface area contributed by atoms with E-state index in [1.54, 1.807) is 0 Å². The van der Waals surface area contributed by atoms with Crippen molar-refractivity contribution in [3.05, 3.63) is 54.7 Å². The number of rotatable bonds is 4. The van der Waals surface area contributed by atoms with Crippen LogP contribution >= 0.6 is 0 Å². The van der Waals surface area contributed by atoms with Crippen LogP contribution in [0.15, 0.2) is 54.7 Å². The molecule has 23 heavy (non-hydrogen) atoms. The number of para-hydroxylation sites is 2. The van der Waals surface area contributed by atoms with Gasteiger partial charge in [-0.3, -0.25) is 4.98 Å². The van der Waals surface area contributed by atoms with Gasteiger partial charge in [0.05, 0.1) is 36.1 Å². The number of benzene rings is 2. The molecular formula is C19H18N2O2. The van der Waals surface area contributed by atoms with Crippen molar-refractivity contribution in [1.29, 1.82) is 0 Å². The highest BCUT2D eigenvalue weighted by molar-refractivity contribution is 5.77. The molecule has 0 bridgehead atoms. The maximum atomic E-state index is 5.91. The number of nitrogens with zero attached hydrogens (tertiary/aromatic N) is 2. The van der Waals surface area contributed by atoms with Gasteiger partial charge in [-0.15, -0.1) is 0 Å². The van der Waals surface area contributed by atoms with Gasteiger partial charge in [-0.05, 0) is 30.7 Å². The van der Waals surface area contributed by atoms with E-state index in [1.165, 1.54) is 0 Å². The first-order chi connectivity index (χ1) is 11.4. The fourth-order valence-corrected chi connectivity index (χ4v) is 2.77. The molecule has 1 fully saturated rings. The fourth-order valence-electron chi connectivity index (χ4n) is 2.77. The Bertz CT molecular complexity index is 813. The van der Waals surface area contributed by atoms with E-state index in [0.29, 0.717) is 12.5 Å². The van der Waals surface area contributed by atoms with Crippen LogP contribution in [-0.2, 0) is 4.74 Å². The Morgan fingerprint density at radius 3 is 2.87 bits per heavy atom. The SMILES string of the molecule is c1cc(OCC2CCOC2)cc(-c2cnc3ccccc3n2)c1. The third-order valence-corrected chi connectivity index (χ3v) is 4.09. The summed E-state index contributed by atoms with van der Waals surface area (Å²) < 4.78 is 11.3. The van der Waals surface area contributed by atoms with Crippen molar-refractivity contribution in [3.8, 4) is 17.0 Å². The van der Waals surface area contributed by atoms with E-state index in [9.17, 15) is 0 Å². The van der Waals surface area contributed by atoms with Gasteiger partial charge in [0, 0.05) is 18.1 Å². The molecule has 0 amide bonds. The van der Waals surface area contributed by atoms with Crippen LogP contribution in [0.25, 0.3) is 22.3 Å². The maximum absolute atomic E-state index is 5.91. The van der Waals surface area contributed by atoms with E-state index in [4.69, 9.17) is 9.47 Å². The maximum Gasteiger partial charge on any atom is 0.119 e. The Labute approximate surface area is 135 Å². The summed E-state index contributed by atoms with van der Waals surface area (Å²) in [6.07, 6.45) is 2.89. The Balaban J connectivity index is 1.56. The number of ether oxygens (including phenoxy) is 2. The summed E-state index contributed by atoms with van der Waals surface area (Å²) in [5.41, 5.74) is 3.69. The third-order valence-electron chi connectivity index (χ3n) is 4.09. The molecule has 1 unspecified atom stereocenters. The molecule has 0 saturated carbocycles. The lowest BCUT2D eigenvalue weighted by molar-refractivity contribution is 0.167. The van der Waals surface area contributed by atoms with Crippen molar-refractivity contribution >= 4 is 11.0 Å². The van der Waals surface area contributed by atoms with E-state index in [-0.39, 0.29) is 0 Å². The molecule has 1 aromatic heterocycles. The number of aromatic nitrogens is 2. The monoisotopic (exact) mass is 306 g/mol. The summed E-state index contributed by atoms with van der Waals surface area (Å²) in [6.45, 7) is 2.35. The second-order valence-corrected chi connectivity index (χ2v) is 5.81. The molecule has 4 nitrogen and oxygen atoms in total. The summed E-state index contributed by atoms with van der Waals surface area (Å²) in [4.78, 5) is 9.16. The summed E-state index contributed by atoms with van der Waals surface area (Å²) in [5.74, 6) is 1.36. The first-order valence-corrected chi connectivity index (χ1v) is 7.91. The molecule has 1 saturated heterocycles. The summed E-state index contributed by atoms with van der Waals surface area (Å²) >= 11 is 0. The molecular weight excluding hydrogens is 288 g/mol. The van der Waals surface area contributed by atoms with Crippen LogP contribution in [0.1, 0.15) is 6.42 Å². The zero-order chi connectivity index (χ0) is 15.5. The minimum Gasteiger partial charge on any atom is -0.493 e. The average molecular weight is 306 g/mol. The molecule has 4 heteroatoms. The highest BCUT2D eigenvalue weighted by Gasteiger charge is 2.16. The standard InChI is InChI=1S/C19H18N2O2/c1-2-7-18-17(6-1)20-11-19(21-18)15-4-3-5-16(10-15)23-13-14-8-9-22-12-14/h1-7,10-11,14H,8-9,12-13H2. The average Bonchev–Trinajstić information content (AvgIpc) is 3.13. The minimum atomic E-state index is 0.499. The summed E-state index contributed by atoms with van der Waals surface area (Å²) in [6, 6.07) is 15.9. The molecule has 116 valence electrons. The highest BCUT2D eigenvalue weighted by Crippen LogP contribution is 2.24. The van der Waals surface area contributed by atoms with E-state index < -0.39 is 0 Å². The van der Waals surface area contributed by atoms with Crippen LogP contribution in [0.4, 0.5) is 0 Å². The second-order valence-electron chi connectivity index (χ2n) is 5.81. The zero-order valence-corrected chi connectivity index (χ0v) is 12.8. The van der Waals surface area contributed by atoms with Crippen LogP contribution in [0.2, 0.25) is 0 Å². The van der Waals surface area contributed by atoms with Gasteiger partial charge in [0.1, 0.15) is 5.75 Å². The van der Waals surface area contributed by atoms with Gasteiger partial charge in [0.15, 0.2) is 0 Å². The smallest absolute Gasteiger partial charge is 0.119 e. The largest absolute Gasteiger partial charge is 0.493 e. The van der Waals surface area contributed by atoms with Gasteiger partial charge >= 0.3 is 0 Å². The Kier molecular flexibility index (Phi) is 3.90. The molecule has 0 radical (unpaired) electrons. The van der Waals surface area contributed by atoms with E-state index in [1.807, 2.05) is 54.7 Å². The molecule has 3 aromatic rings. The quantitative estimate of drug-likeness (QED) is 0.737. The van der Waals surface area contributed by atoms with Crippen LogP contribution < -0.4 is 4.74 Å².